The predicted octanol–water partition coefficient (Wildman–Crippen LogP) is 1.45. The third-order valence-electron chi connectivity index (χ3n) is 3.88. The number of anilines is 1. The third-order valence-corrected chi connectivity index (χ3v) is 3.88. The van der Waals surface area contributed by atoms with Crippen molar-refractivity contribution in [1.29, 1.82) is 0 Å². The number of hydrogen-bond acceptors (Lipinski definition) is 3. The van der Waals surface area contributed by atoms with Crippen molar-refractivity contribution in [2.24, 2.45) is 0 Å². The Morgan fingerprint density at radius 1 is 1.04 bits per heavy atom. The minimum absolute atomic E-state index is 0.134. The van der Waals surface area contributed by atoms with Crippen LogP contribution in [0.5, 0.6) is 0 Å². The highest BCUT2D eigenvalue weighted by Crippen LogP contribution is 2.15. The zero-order chi connectivity index (χ0) is 16.4. The SMILES string of the molecule is O=C(c1ccc(F)c(F)c1)N1CCN(c2cccc[n+]2O)CC1. The molecule has 1 fully saturated rings. The number of benzene rings is 1. The van der Waals surface area contributed by atoms with Gasteiger partial charge in [-0.2, -0.15) is 0 Å². The van der Waals surface area contributed by atoms with E-state index in [0.29, 0.717) is 32.0 Å². The van der Waals surface area contributed by atoms with E-state index in [9.17, 15) is 18.8 Å². The van der Waals surface area contributed by atoms with Crippen LogP contribution in [0.3, 0.4) is 0 Å². The molecule has 0 saturated carbocycles. The molecule has 1 aromatic heterocycles. The van der Waals surface area contributed by atoms with Crippen LogP contribution in [0.4, 0.5) is 14.6 Å². The fourth-order valence-electron chi connectivity index (χ4n) is 2.63. The largest absolute Gasteiger partial charge is 0.350 e. The Labute approximate surface area is 131 Å². The number of nitrogens with zero attached hydrogens (tertiary/aromatic N) is 3. The molecule has 0 radical (unpaired) electrons. The van der Waals surface area contributed by atoms with Crippen LogP contribution >= 0.6 is 0 Å². The van der Waals surface area contributed by atoms with E-state index in [1.165, 1.54) is 12.3 Å². The molecule has 1 saturated heterocycles. The summed E-state index contributed by atoms with van der Waals surface area (Å²) < 4.78 is 27.2. The molecule has 1 aromatic carbocycles. The summed E-state index contributed by atoms with van der Waals surface area (Å²) in [6.07, 6.45) is 1.54. The van der Waals surface area contributed by atoms with E-state index in [1.54, 1.807) is 17.0 Å². The van der Waals surface area contributed by atoms with Crippen LogP contribution < -0.4 is 9.63 Å². The molecular formula is C16H16F2N3O2+. The van der Waals surface area contributed by atoms with Gasteiger partial charge in [0.1, 0.15) is 19.3 Å². The maximum Gasteiger partial charge on any atom is 0.316 e. The molecule has 2 aromatic rings. The number of carbonyl (C=O) groups is 1. The number of hydrogen-bond donors (Lipinski definition) is 1. The Kier molecular flexibility index (Phi) is 4.10. The third kappa shape index (κ3) is 3.08. The molecule has 2 heterocycles. The van der Waals surface area contributed by atoms with Gasteiger partial charge >= 0.3 is 5.82 Å². The van der Waals surface area contributed by atoms with Gasteiger partial charge in [-0.1, -0.05) is 10.8 Å². The maximum absolute atomic E-state index is 13.3. The van der Waals surface area contributed by atoms with E-state index in [2.05, 4.69) is 0 Å². The van der Waals surface area contributed by atoms with E-state index >= 15 is 0 Å². The van der Waals surface area contributed by atoms with Crippen LogP contribution in [0.15, 0.2) is 42.6 Å². The number of rotatable bonds is 2. The zero-order valence-corrected chi connectivity index (χ0v) is 12.3. The van der Waals surface area contributed by atoms with Crippen LogP contribution in [0.1, 0.15) is 10.4 Å². The van der Waals surface area contributed by atoms with Crippen molar-refractivity contribution < 1.29 is 23.5 Å². The van der Waals surface area contributed by atoms with Crippen molar-refractivity contribution in [3.63, 3.8) is 0 Å². The first kappa shape index (κ1) is 15.2. The molecule has 0 aliphatic carbocycles. The van der Waals surface area contributed by atoms with Crippen LogP contribution in [0, 0.1) is 11.6 Å². The van der Waals surface area contributed by atoms with Gasteiger partial charge < -0.3 is 10.1 Å². The van der Waals surface area contributed by atoms with Gasteiger partial charge in [0.05, 0.1) is 13.1 Å². The van der Waals surface area contributed by atoms with Crippen molar-refractivity contribution in [3.05, 3.63) is 59.8 Å². The number of amides is 1. The van der Waals surface area contributed by atoms with Gasteiger partial charge in [-0.15, -0.1) is 0 Å². The van der Waals surface area contributed by atoms with Crippen molar-refractivity contribution in [1.82, 2.24) is 4.90 Å². The van der Waals surface area contributed by atoms with Crippen molar-refractivity contribution in [2.75, 3.05) is 31.1 Å². The first-order chi connectivity index (χ1) is 11.1. The summed E-state index contributed by atoms with van der Waals surface area (Å²) in [7, 11) is 0. The molecule has 0 atom stereocenters. The first-order valence-electron chi connectivity index (χ1n) is 7.25. The molecule has 0 unspecified atom stereocenters. The average molecular weight is 320 g/mol. The van der Waals surface area contributed by atoms with E-state index in [1.807, 2.05) is 11.0 Å². The van der Waals surface area contributed by atoms with Gasteiger partial charge in [-0.25, -0.2) is 8.78 Å². The quantitative estimate of drug-likeness (QED) is 0.673. The topological polar surface area (TPSA) is 47.7 Å². The smallest absolute Gasteiger partial charge is 0.316 e. The second kappa shape index (κ2) is 6.20. The van der Waals surface area contributed by atoms with Crippen LogP contribution in [-0.2, 0) is 0 Å². The highest BCUT2D eigenvalue weighted by molar-refractivity contribution is 5.94. The van der Waals surface area contributed by atoms with E-state index in [4.69, 9.17) is 0 Å². The normalized spacial score (nSPS) is 14.9. The summed E-state index contributed by atoms with van der Waals surface area (Å²) in [6.45, 7) is 1.96. The molecule has 0 spiro atoms. The minimum Gasteiger partial charge on any atom is -0.350 e. The lowest BCUT2D eigenvalue weighted by atomic mass is 10.1. The Morgan fingerprint density at radius 2 is 1.78 bits per heavy atom. The van der Waals surface area contributed by atoms with E-state index in [-0.39, 0.29) is 11.5 Å². The lowest BCUT2D eigenvalue weighted by molar-refractivity contribution is -0.894. The number of halogens is 2. The minimum atomic E-state index is -1.03. The van der Waals surface area contributed by atoms with Gasteiger partial charge in [0.2, 0.25) is 0 Å². The molecule has 0 bridgehead atoms. The van der Waals surface area contributed by atoms with Gasteiger partial charge in [0, 0.05) is 11.6 Å². The van der Waals surface area contributed by atoms with Crippen molar-refractivity contribution >= 4 is 11.7 Å². The van der Waals surface area contributed by atoms with Gasteiger partial charge in [-0.05, 0) is 24.3 Å². The Hall–Kier alpha value is -2.70. The molecule has 23 heavy (non-hydrogen) atoms. The highest BCUT2D eigenvalue weighted by atomic mass is 19.2. The molecule has 3 rings (SSSR count). The van der Waals surface area contributed by atoms with Gasteiger partial charge in [0.15, 0.2) is 11.6 Å². The Morgan fingerprint density at radius 3 is 2.43 bits per heavy atom. The maximum atomic E-state index is 13.3. The van der Waals surface area contributed by atoms with Crippen LogP contribution in [0.25, 0.3) is 0 Å². The lowest BCUT2D eigenvalue weighted by Crippen LogP contribution is -2.52. The Balaban J connectivity index is 1.68. The molecular weight excluding hydrogens is 304 g/mol. The summed E-state index contributed by atoms with van der Waals surface area (Å²) in [5, 5.41) is 9.79. The predicted molar refractivity (Wildman–Crippen MR) is 78.3 cm³/mol. The second-order valence-electron chi connectivity index (χ2n) is 5.31. The molecule has 5 nitrogen and oxygen atoms in total. The molecule has 1 aliphatic rings. The highest BCUT2D eigenvalue weighted by Gasteiger charge is 2.28. The second-order valence-corrected chi connectivity index (χ2v) is 5.31. The van der Waals surface area contributed by atoms with Crippen molar-refractivity contribution in [2.45, 2.75) is 0 Å². The molecule has 1 amide bonds. The fourth-order valence-corrected chi connectivity index (χ4v) is 2.63. The molecule has 1 N–H and O–H groups in total. The van der Waals surface area contributed by atoms with Crippen LogP contribution in [0.2, 0.25) is 0 Å². The summed E-state index contributed by atoms with van der Waals surface area (Å²) in [4.78, 5) is 15.9. The fraction of sp³-hybridized carbons (Fsp3) is 0.250. The number of carbonyl (C=O) groups excluding carboxylic acids is 1. The summed E-state index contributed by atoms with van der Waals surface area (Å²) in [5.74, 6) is -1.68. The van der Waals surface area contributed by atoms with Crippen LogP contribution in [-0.4, -0.2) is 42.2 Å². The summed E-state index contributed by atoms with van der Waals surface area (Å²) in [5.41, 5.74) is 0.134. The molecule has 120 valence electrons. The summed E-state index contributed by atoms with van der Waals surface area (Å²) >= 11 is 0. The molecule has 1 aliphatic heterocycles. The number of aromatic nitrogens is 1. The van der Waals surface area contributed by atoms with Gasteiger partial charge in [-0.3, -0.25) is 9.69 Å². The zero-order valence-electron chi connectivity index (χ0n) is 12.3. The van der Waals surface area contributed by atoms with E-state index in [0.717, 1.165) is 16.9 Å². The number of piperazine rings is 1. The Bertz CT molecular complexity index is 731. The molecule has 7 heteroatoms. The van der Waals surface area contributed by atoms with Crippen molar-refractivity contribution in [3.8, 4) is 0 Å². The summed E-state index contributed by atoms with van der Waals surface area (Å²) in [6, 6.07) is 8.48. The monoisotopic (exact) mass is 320 g/mol. The van der Waals surface area contributed by atoms with Gasteiger partial charge in [0.25, 0.3) is 5.91 Å². The average Bonchev–Trinajstić information content (AvgIpc) is 2.57. The standard InChI is InChI=1S/C16H16F2N3O2/c17-13-5-4-12(11-14(13)18)16(22)20-9-7-19(8-10-20)15-3-1-2-6-21(15)23/h1-6,11,23H,7-10H2/q+1. The van der Waals surface area contributed by atoms with E-state index < -0.39 is 11.6 Å². The lowest BCUT2D eigenvalue weighted by Gasteiger charge is -2.31. The first-order valence-corrected chi connectivity index (χ1v) is 7.25. The number of pyridine rings is 1.